The maximum absolute atomic E-state index is 12.7. The molecule has 36 heavy (non-hydrogen) atoms. The van der Waals surface area contributed by atoms with Gasteiger partial charge in [-0.1, -0.05) is 31.2 Å². The van der Waals surface area contributed by atoms with E-state index >= 15 is 0 Å². The summed E-state index contributed by atoms with van der Waals surface area (Å²) in [5, 5.41) is 22.0. The highest BCUT2D eigenvalue weighted by molar-refractivity contribution is 6.07. The van der Waals surface area contributed by atoms with Gasteiger partial charge in [0.25, 0.3) is 0 Å². The van der Waals surface area contributed by atoms with Gasteiger partial charge in [-0.2, -0.15) is 0 Å². The lowest BCUT2D eigenvalue weighted by atomic mass is 9.68. The Bertz CT molecular complexity index is 1400. The SMILES string of the molecule is CC(=O)C(C(C)O)C(C)C1CCC[C@H](Oc2cccc3c(=O)oc4ccccc4c23)/C1=C(/C)C(=O)O. The molecule has 0 aliphatic heterocycles. The van der Waals surface area contributed by atoms with Crippen molar-refractivity contribution in [3.05, 3.63) is 64.0 Å². The standard InChI is InChI=1S/C29H32O7/c1-15(25(17(3)30)18(4)31)19-10-7-13-23(26(19)16(2)28(32)33)35-24-14-8-11-21-27(24)20-9-5-6-12-22(20)36-29(21)34/h5-6,8-9,11-12,14-15,17,19,23,25,30H,7,10,13H2,1-4H3,(H,32,33)/b26-16-/t15?,17?,19?,23-,25?/m0/s1. The van der Waals surface area contributed by atoms with Crippen molar-refractivity contribution in [2.75, 3.05) is 0 Å². The van der Waals surface area contributed by atoms with Crippen molar-refractivity contribution in [1.82, 2.24) is 0 Å². The molecular formula is C29H32O7. The number of ketones is 1. The summed E-state index contributed by atoms with van der Waals surface area (Å²) in [7, 11) is 0. The zero-order valence-corrected chi connectivity index (χ0v) is 21.0. The summed E-state index contributed by atoms with van der Waals surface area (Å²) in [5.74, 6) is -1.84. The number of aliphatic hydroxyl groups is 1. The average Bonchev–Trinajstić information content (AvgIpc) is 2.83. The first kappa shape index (κ1) is 25.6. The zero-order valence-electron chi connectivity index (χ0n) is 21.0. The predicted octanol–water partition coefficient (Wildman–Crippen LogP) is 5.12. The highest BCUT2D eigenvalue weighted by Crippen LogP contribution is 2.43. The van der Waals surface area contributed by atoms with Gasteiger partial charge in [0.05, 0.1) is 11.5 Å². The number of carboxylic acid groups (broad SMARTS) is 1. The Hall–Kier alpha value is -3.45. The van der Waals surface area contributed by atoms with Gasteiger partial charge in [-0.3, -0.25) is 4.79 Å². The topological polar surface area (TPSA) is 114 Å². The molecule has 2 N–H and O–H groups in total. The van der Waals surface area contributed by atoms with Crippen molar-refractivity contribution < 1.29 is 29.0 Å². The largest absolute Gasteiger partial charge is 0.485 e. The van der Waals surface area contributed by atoms with E-state index in [0.29, 0.717) is 40.5 Å². The number of carboxylic acids is 1. The first-order chi connectivity index (χ1) is 17.1. The van der Waals surface area contributed by atoms with E-state index in [1.165, 1.54) is 6.92 Å². The monoisotopic (exact) mass is 492 g/mol. The maximum Gasteiger partial charge on any atom is 0.344 e. The zero-order chi connectivity index (χ0) is 26.1. The van der Waals surface area contributed by atoms with E-state index in [9.17, 15) is 24.6 Å². The van der Waals surface area contributed by atoms with E-state index in [-0.39, 0.29) is 23.2 Å². The number of aliphatic carboxylic acids is 1. The fourth-order valence-corrected chi connectivity index (χ4v) is 5.93. The summed E-state index contributed by atoms with van der Waals surface area (Å²) < 4.78 is 12.0. The van der Waals surface area contributed by atoms with Gasteiger partial charge >= 0.3 is 11.6 Å². The van der Waals surface area contributed by atoms with E-state index in [0.717, 1.165) is 11.8 Å². The Morgan fingerprint density at radius 2 is 1.72 bits per heavy atom. The van der Waals surface area contributed by atoms with Crippen LogP contribution in [0.2, 0.25) is 0 Å². The molecule has 5 atom stereocenters. The van der Waals surface area contributed by atoms with Crippen molar-refractivity contribution in [2.24, 2.45) is 17.8 Å². The molecule has 0 amide bonds. The minimum absolute atomic E-state index is 0.125. The fraction of sp³-hybridized carbons (Fsp3) is 0.414. The van der Waals surface area contributed by atoms with Crippen molar-refractivity contribution >= 4 is 33.5 Å². The normalized spacial score (nSPS) is 22.1. The molecule has 1 heterocycles. The summed E-state index contributed by atoms with van der Waals surface area (Å²) >= 11 is 0. The van der Waals surface area contributed by atoms with Crippen LogP contribution in [-0.4, -0.2) is 34.2 Å². The molecule has 4 rings (SSSR count). The first-order valence-electron chi connectivity index (χ1n) is 12.4. The molecule has 1 saturated carbocycles. The Balaban J connectivity index is 1.84. The van der Waals surface area contributed by atoms with Crippen LogP contribution in [0.3, 0.4) is 0 Å². The van der Waals surface area contributed by atoms with Crippen molar-refractivity contribution in [3.63, 3.8) is 0 Å². The van der Waals surface area contributed by atoms with Crippen LogP contribution in [-0.2, 0) is 9.59 Å². The minimum atomic E-state index is -1.04. The number of benzene rings is 2. The van der Waals surface area contributed by atoms with Crippen molar-refractivity contribution in [2.45, 2.75) is 59.2 Å². The van der Waals surface area contributed by atoms with Gasteiger partial charge in [-0.15, -0.1) is 0 Å². The van der Waals surface area contributed by atoms with Crippen LogP contribution in [0.15, 0.2) is 62.8 Å². The van der Waals surface area contributed by atoms with Crippen LogP contribution in [0.4, 0.5) is 0 Å². The summed E-state index contributed by atoms with van der Waals surface area (Å²) in [6.45, 7) is 6.53. The second kappa shape index (κ2) is 10.3. The lowest BCUT2D eigenvalue weighted by molar-refractivity contribution is -0.132. The summed E-state index contributed by atoms with van der Waals surface area (Å²) in [4.78, 5) is 37.2. The van der Waals surface area contributed by atoms with Gasteiger partial charge < -0.3 is 19.4 Å². The van der Waals surface area contributed by atoms with Crippen LogP contribution in [0.5, 0.6) is 5.75 Å². The van der Waals surface area contributed by atoms with Crippen LogP contribution >= 0.6 is 0 Å². The lowest BCUT2D eigenvalue weighted by Gasteiger charge is -2.40. The summed E-state index contributed by atoms with van der Waals surface area (Å²) in [6.07, 6.45) is 0.654. The molecule has 0 spiro atoms. The Morgan fingerprint density at radius 3 is 2.39 bits per heavy atom. The number of hydrogen-bond acceptors (Lipinski definition) is 6. The van der Waals surface area contributed by atoms with Crippen LogP contribution in [0.1, 0.15) is 47.0 Å². The summed E-state index contributed by atoms with van der Waals surface area (Å²) in [5.41, 5.74) is 0.800. The smallest absolute Gasteiger partial charge is 0.344 e. The molecule has 7 nitrogen and oxygen atoms in total. The number of hydrogen-bond donors (Lipinski definition) is 2. The highest BCUT2D eigenvalue weighted by atomic mass is 16.5. The highest BCUT2D eigenvalue weighted by Gasteiger charge is 2.40. The van der Waals surface area contributed by atoms with Crippen molar-refractivity contribution in [1.29, 1.82) is 0 Å². The number of rotatable bonds is 7. The molecule has 0 saturated heterocycles. The molecular weight excluding hydrogens is 460 g/mol. The van der Waals surface area contributed by atoms with E-state index in [2.05, 4.69) is 0 Å². The van der Waals surface area contributed by atoms with Gasteiger partial charge in [-0.05, 0) is 75.6 Å². The minimum Gasteiger partial charge on any atom is -0.485 e. The maximum atomic E-state index is 12.7. The molecule has 4 unspecified atom stereocenters. The van der Waals surface area contributed by atoms with Gasteiger partial charge in [0, 0.05) is 22.3 Å². The van der Waals surface area contributed by atoms with E-state index in [1.54, 1.807) is 44.2 Å². The van der Waals surface area contributed by atoms with Gasteiger partial charge in [0.1, 0.15) is 23.2 Å². The molecule has 190 valence electrons. The third-order valence-electron chi connectivity index (χ3n) is 7.55. The Morgan fingerprint density at radius 1 is 1.03 bits per heavy atom. The Labute approximate surface area is 209 Å². The third kappa shape index (κ3) is 4.67. The number of carbonyl (C=O) groups excluding carboxylic acids is 1. The third-order valence-corrected chi connectivity index (χ3v) is 7.55. The lowest BCUT2D eigenvalue weighted by Crippen LogP contribution is -2.40. The second-order valence-electron chi connectivity index (χ2n) is 9.83. The molecule has 1 aliphatic carbocycles. The van der Waals surface area contributed by atoms with Crippen molar-refractivity contribution in [3.8, 4) is 5.75 Å². The number of aliphatic hydroxyl groups excluding tert-OH is 1. The molecule has 3 aromatic rings. The average molecular weight is 493 g/mol. The molecule has 1 aliphatic rings. The van der Waals surface area contributed by atoms with Gasteiger partial charge in [0.2, 0.25) is 0 Å². The number of ether oxygens (including phenoxy) is 1. The first-order valence-corrected chi connectivity index (χ1v) is 12.4. The summed E-state index contributed by atoms with van der Waals surface area (Å²) in [6, 6.07) is 12.4. The number of Topliss-reactive ketones (excluding diaryl/α,β-unsaturated/α-hetero) is 1. The van der Waals surface area contributed by atoms with E-state index in [4.69, 9.17) is 9.15 Å². The van der Waals surface area contributed by atoms with E-state index in [1.807, 2.05) is 19.1 Å². The molecule has 0 radical (unpaired) electrons. The van der Waals surface area contributed by atoms with Crippen LogP contribution < -0.4 is 10.4 Å². The molecule has 0 bridgehead atoms. The second-order valence-corrected chi connectivity index (χ2v) is 9.83. The molecule has 2 aromatic carbocycles. The van der Waals surface area contributed by atoms with Gasteiger partial charge in [0.15, 0.2) is 0 Å². The van der Waals surface area contributed by atoms with E-state index < -0.39 is 29.7 Å². The number of fused-ring (bicyclic) bond motifs is 3. The number of para-hydroxylation sites is 1. The quantitative estimate of drug-likeness (QED) is 0.267. The molecule has 7 heteroatoms. The Kier molecular flexibility index (Phi) is 7.31. The molecule has 1 fully saturated rings. The van der Waals surface area contributed by atoms with Crippen LogP contribution in [0, 0.1) is 17.8 Å². The number of carbonyl (C=O) groups is 2. The predicted molar refractivity (Wildman–Crippen MR) is 137 cm³/mol. The fourth-order valence-electron chi connectivity index (χ4n) is 5.93. The van der Waals surface area contributed by atoms with Crippen LogP contribution in [0.25, 0.3) is 21.7 Å². The van der Waals surface area contributed by atoms with Gasteiger partial charge in [-0.25, -0.2) is 9.59 Å². The molecule has 1 aromatic heterocycles.